The predicted octanol–water partition coefficient (Wildman–Crippen LogP) is 3.22. The Hall–Kier alpha value is -1.57. The number of rotatable bonds is 3. The first-order valence-corrected chi connectivity index (χ1v) is 9.23. The molecule has 1 aromatic heterocycles. The fourth-order valence-corrected chi connectivity index (χ4v) is 4.60. The molecule has 1 saturated carbocycles. The molecule has 2 amide bonds. The minimum Gasteiger partial charge on any atom is -0.345 e. The van der Waals surface area contributed by atoms with Crippen molar-refractivity contribution in [1.82, 2.24) is 10.2 Å². The highest BCUT2D eigenvalue weighted by Gasteiger charge is 2.48. The summed E-state index contributed by atoms with van der Waals surface area (Å²) < 4.78 is 37.1. The summed E-state index contributed by atoms with van der Waals surface area (Å²) in [5, 5.41) is 2.03. The maximum atomic E-state index is 12.7. The number of hydrogen-bond donors (Lipinski definition) is 1. The second-order valence-electron chi connectivity index (χ2n) is 6.97. The van der Waals surface area contributed by atoms with E-state index in [0.717, 1.165) is 6.42 Å². The lowest BCUT2D eigenvalue weighted by Gasteiger charge is -2.38. The highest BCUT2D eigenvalue weighted by Crippen LogP contribution is 2.51. The molecule has 1 aliphatic carbocycles. The lowest BCUT2D eigenvalue weighted by molar-refractivity contribution is -0.174. The van der Waals surface area contributed by atoms with Gasteiger partial charge in [0.2, 0.25) is 5.91 Å². The van der Waals surface area contributed by atoms with Gasteiger partial charge in [0.25, 0.3) is 0 Å². The van der Waals surface area contributed by atoms with Crippen LogP contribution in [0.4, 0.5) is 13.2 Å². The number of alkyl halides is 3. The fourth-order valence-electron chi connectivity index (χ4n) is 3.55. The third kappa shape index (κ3) is 3.99. The number of nitrogens with one attached hydrogen (secondary N) is 1. The second kappa shape index (κ2) is 6.63. The second-order valence-corrected chi connectivity index (χ2v) is 8.29. The number of hydrogen-bond acceptors (Lipinski definition) is 3. The molecule has 2 heterocycles. The van der Waals surface area contributed by atoms with Crippen LogP contribution < -0.4 is 5.32 Å². The lowest BCUT2D eigenvalue weighted by atomic mass is 9.97. The van der Waals surface area contributed by atoms with Crippen LogP contribution in [0.25, 0.3) is 0 Å². The van der Waals surface area contributed by atoms with Crippen molar-refractivity contribution >= 4 is 23.2 Å². The molecule has 0 spiro atoms. The fraction of sp³-hybridized carbons (Fsp3) is 0.647. The van der Waals surface area contributed by atoms with E-state index in [1.807, 2.05) is 19.2 Å². The van der Waals surface area contributed by atoms with E-state index in [1.54, 1.807) is 16.2 Å². The van der Waals surface area contributed by atoms with Crippen molar-refractivity contribution in [3.05, 3.63) is 21.9 Å². The number of carbonyl (C=O) groups is 2. The largest absolute Gasteiger partial charge is 0.471 e. The molecule has 1 aromatic rings. The van der Waals surface area contributed by atoms with Gasteiger partial charge in [-0.05, 0) is 45.2 Å². The summed E-state index contributed by atoms with van der Waals surface area (Å²) in [6.45, 7) is 4.25. The molecule has 4 atom stereocenters. The average molecular weight is 374 g/mol. The third-order valence-electron chi connectivity index (χ3n) is 4.99. The Morgan fingerprint density at radius 2 is 2.00 bits per heavy atom. The van der Waals surface area contributed by atoms with Crippen LogP contribution in [0.5, 0.6) is 0 Å². The van der Waals surface area contributed by atoms with Crippen LogP contribution in [0.15, 0.2) is 12.1 Å². The van der Waals surface area contributed by atoms with Crippen LogP contribution >= 0.6 is 11.3 Å². The first kappa shape index (κ1) is 18.2. The van der Waals surface area contributed by atoms with E-state index < -0.39 is 18.1 Å². The van der Waals surface area contributed by atoms with Gasteiger partial charge in [-0.3, -0.25) is 9.59 Å². The van der Waals surface area contributed by atoms with Gasteiger partial charge in [-0.1, -0.05) is 0 Å². The van der Waals surface area contributed by atoms with Crippen molar-refractivity contribution in [2.24, 2.45) is 5.92 Å². The number of nitrogens with zero attached hydrogens (tertiary/aromatic N) is 1. The Bertz CT molecular complexity index is 673. The van der Waals surface area contributed by atoms with Crippen molar-refractivity contribution in [1.29, 1.82) is 0 Å². The number of aryl methyl sites for hydroxylation is 1. The molecular formula is C17H21F3N2O2S. The molecule has 2 fully saturated rings. The van der Waals surface area contributed by atoms with Crippen molar-refractivity contribution in [3.8, 4) is 0 Å². The standard InChI is InChI=1S/C17H21F3N2O2S/c1-9-7-11(21-16(24)17(18,19)20)5-6-22(9)15(23)13-8-12(13)14-4-3-10(2)25-14/h3-4,9,11-13H,5-8H2,1-2H3,(H,21,24)/t9-,11-,12-,13-/m1/s1. The maximum Gasteiger partial charge on any atom is 0.471 e. The lowest BCUT2D eigenvalue weighted by Crippen LogP contribution is -2.53. The number of amides is 2. The molecule has 8 heteroatoms. The van der Waals surface area contributed by atoms with Gasteiger partial charge in [0, 0.05) is 40.2 Å². The predicted molar refractivity (Wildman–Crippen MR) is 88.3 cm³/mol. The zero-order valence-electron chi connectivity index (χ0n) is 14.1. The molecule has 4 nitrogen and oxygen atoms in total. The van der Waals surface area contributed by atoms with Gasteiger partial charge in [-0.25, -0.2) is 0 Å². The van der Waals surface area contributed by atoms with E-state index in [4.69, 9.17) is 0 Å². The molecule has 1 aliphatic heterocycles. The molecule has 3 rings (SSSR count). The van der Waals surface area contributed by atoms with Crippen LogP contribution in [-0.2, 0) is 9.59 Å². The first-order valence-electron chi connectivity index (χ1n) is 8.41. The van der Waals surface area contributed by atoms with Gasteiger partial charge in [-0.2, -0.15) is 13.2 Å². The highest BCUT2D eigenvalue weighted by atomic mass is 32.1. The Kier molecular flexibility index (Phi) is 4.83. The molecule has 1 saturated heterocycles. The molecule has 0 radical (unpaired) electrons. The number of likely N-dealkylation sites (tertiary alicyclic amines) is 1. The molecule has 138 valence electrons. The number of piperidine rings is 1. The van der Waals surface area contributed by atoms with Crippen molar-refractivity contribution in [2.75, 3.05) is 6.54 Å². The van der Waals surface area contributed by atoms with Gasteiger partial charge in [0.05, 0.1) is 0 Å². The van der Waals surface area contributed by atoms with Gasteiger partial charge in [-0.15, -0.1) is 11.3 Å². The highest BCUT2D eigenvalue weighted by molar-refractivity contribution is 7.12. The number of thiophene rings is 1. The van der Waals surface area contributed by atoms with E-state index in [0.29, 0.717) is 19.4 Å². The zero-order chi connectivity index (χ0) is 18.4. The van der Waals surface area contributed by atoms with Crippen molar-refractivity contribution in [2.45, 2.75) is 57.3 Å². The van der Waals surface area contributed by atoms with Crippen molar-refractivity contribution < 1.29 is 22.8 Å². The summed E-state index contributed by atoms with van der Waals surface area (Å²) in [6.07, 6.45) is -3.32. The topological polar surface area (TPSA) is 49.4 Å². The third-order valence-corrected chi connectivity index (χ3v) is 6.12. The summed E-state index contributed by atoms with van der Waals surface area (Å²) in [4.78, 5) is 28.0. The zero-order valence-corrected chi connectivity index (χ0v) is 14.9. The summed E-state index contributed by atoms with van der Waals surface area (Å²) >= 11 is 1.71. The van der Waals surface area contributed by atoms with Gasteiger partial charge >= 0.3 is 12.1 Å². The quantitative estimate of drug-likeness (QED) is 0.883. The molecule has 0 bridgehead atoms. The minimum atomic E-state index is -4.86. The Morgan fingerprint density at radius 1 is 1.28 bits per heavy atom. The Labute approximate surface area is 148 Å². The van der Waals surface area contributed by atoms with E-state index in [-0.39, 0.29) is 23.8 Å². The average Bonchev–Trinajstić information content (AvgIpc) is 3.20. The summed E-state index contributed by atoms with van der Waals surface area (Å²) in [6, 6.07) is 3.41. The normalized spacial score (nSPS) is 29.4. The van der Waals surface area contributed by atoms with Gasteiger partial charge < -0.3 is 10.2 Å². The van der Waals surface area contributed by atoms with Crippen LogP contribution in [0, 0.1) is 12.8 Å². The van der Waals surface area contributed by atoms with Crippen molar-refractivity contribution in [3.63, 3.8) is 0 Å². The van der Waals surface area contributed by atoms with E-state index in [2.05, 4.69) is 12.1 Å². The molecule has 0 unspecified atom stereocenters. The Balaban J connectivity index is 1.54. The molecule has 1 N–H and O–H groups in total. The summed E-state index contributed by atoms with van der Waals surface area (Å²) in [5.41, 5.74) is 0. The van der Waals surface area contributed by atoms with Crippen LogP contribution in [0.1, 0.15) is 41.9 Å². The monoisotopic (exact) mass is 374 g/mol. The SMILES string of the molecule is Cc1ccc([C@@H]2C[C@H]2C(=O)N2CC[C@@H](NC(=O)C(F)(F)F)C[C@H]2C)s1. The Morgan fingerprint density at radius 3 is 2.56 bits per heavy atom. The smallest absolute Gasteiger partial charge is 0.345 e. The first-order chi connectivity index (χ1) is 11.7. The minimum absolute atomic E-state index is 0.0122. The number of carbonyl (C=O) groups excluding carboxylic acids is 2. The number of halogens is 3. The van der Waals surface area contributed by atoms with E-state index >= 15 is 0 Å². The maximum absolute atomic E-state index is 12.7. The van der Waals surface area contributed by atoms with Crippen LogP contribution in [0.3, 0.4) is 0 Å². The van der Waals surface area contributed by atoms with Gasteiger partial charge in [0.1, 0.15) is 0 Å². The van der Waals surface area contributed by atoms with E-state index in [1.165, 1.54) is 9.75 Å². The van der Waals surface area contributed by atoms with Gasteiger partial charge in [0.15, 0.2) is 0 Å². The van der Waals surface area contributed by atoms with E-state index in [9.17, 15) is 22.8 Å². The van der Waals surface area contributed by atoms with Crippen LogP contribution in [0.2, 0.25) is 0 Å². The molecule has 0 aromatic carbocycles. The molecule has 25 heavy (non-hydrogen) atoms. The van der Waals surface area contributed by atoms with Crippen LogP contribution in [-0.4, -0.2) is 41.5 Å². The summed E-state index contributed by atoms with van der Waals surface area (Å²) in [5.74, 6) is -1.55. The molecular weight excluding hydrogens is 353 g/mol. The summed E-state index contributed by atoms with van der Waals surface area (Å²) in [7, 11) is 0. The molecule has 2 aliphatic rings.